The van der Waals surface area contributed by atoms with Crippen molar-refractivity contribution in [2.75, 3.05) is 13.2 Å². The van der Waals surface area contributed by atoms with Crippen LogP contribution < -0.4 is 0 Å². The molecule has 0 saturated carbocycles. The zero-order valence-corrected chi connectivity index (χ0v) is 16.8. The number of esters is 1. The molecule has 142 valence electrons. The molecule has 0 aromatic carbocycles. The molecule has 0 heterocycles. The molecule has 0 fully saturated rings. The van der Waals surface area contributed by atoms with Crippen LogP contribution in [0.3, 0.4) is 0 Å². The van der Waals surface area contributed by atoms with Gasteiger partial charge >= 0.3 is 5.97 Å². The van der Waals surface area contributed by atoms with Crippen molar-refractivity contribution in [2.24, 2.45) is 0 Å². The highest BCUT2D eigenvalue weighted by Crippen LogP contribution is 1.89. The Hall–Kier alpha value is -2.13. The second-order valence-corrected chi connectivity index (χ2v) is 3.68. The Labute approximate surface area is 151 Å². The highest BCUT2D eigenvalue weighted by molar-refractivity contribution is 5.86. The average molecular weight is 341 g/mol. The van der Waals surface area contributed by atoms with Crippen LogP contribution >= 0.6 is 0 Å². The van der Waals surface area contributed by atoms with Crippen LogP contribution in [0.1, 0.15) is 41.5 Å². The van der Waals surface area contributed by atoms with Crippen LogP contribution in [0.2, 0.25) is 0 Å². The summed E-state index contributed by atoms with van der Waals surface area (Å²) in [5.41, 5.74) is 0.350. The van der Waals surface area contributed by atoms with E-state index in [1.807, 2.05) is 34.6 Å². The van der Waals surface area contributed by atoms with Crippen molar-refractivity contribution >= 4 is 5.97 Å². The zero-order chi connectivity index (χ0) is 20.8. The van der Waals surface area contributed by atoms with Gasteiger partial charge in [-0.3, -0.25) is 0 Å². The molecule has 3 heteroatoms. The van der Waals surface area contributed by atoms with Gasteiger partial charge in [0.15, 0.2) is 0 Å². The predicted molar refractivity (Wildman–Crippen MR) is 112 cm³/mol. The highest BCUT2D eigenvalue weighted by atomic mass is 16.5. The minimum Gasteiger partial charge on any atom is -0.460 e. The van der Waals surface area contributed by atoms with Gasteiger partial charge in [-0.05, 0) is 41.5 Å². The lowest BCUT2D eigenvalue weighted by Gasteiger charge is -1.99. The minimum absolute atomic E-state index is 0.0473. The lowest BCUT2D eigenvalue weighted by molar-refractivity contribution is -0.139. The Morgan fingerprint density at radius 3 is 1.17 bits per heavy atom. The van der Waals surface area contributed by atoms with Crippen LogP contribution in [0, 0.1) is 0 Å². The summed E-state index contributed by atoms with van der Waals surface area (Å²) in [5, 5.41) is 8.19. The quantitative estimate of drug-likeness (QED) is 0.386. The van der Waals surface area contributed by atoms with E-state index in [2.05, 4.69) is 44.2 Å². The van der Waals surface area contributed by atoms with E-state index >= 15 is 0 Å². The van der Waals surface area contributed by atoms with Crippen molar-refractivity contribution in [2.45, 2.75) is 41.5 Å². The van der Waals surface area contributed by atoms with Crippen LogP contribution in [0.4, 0.5) is 0 Å². The number of hydrogen-bond donors (Lipinski definition) is 1. The molecule has 3 nitrogen and oxygen atoms in total. The Morgan fingerprint density at radius 1 is 0.833 bits per heavy atom. The Bertz CT molecular complexity index is 255. The van der Waals surface area contributed by atoms with Gasteiger partial charge in [0.25, 0.3) is 0 Å². The molecule has 1 N–H and O–H groups in total. The number of aliphatic hydroxyl groups is 1. The van der Waals surface area contributed by atoms with E-state index in [9.17, 15) is 4.79 Å². The van der Waals surface area contributed by atoms with Gasteiger partial charge in [-0.15, -0.1) is 32.9 Å². The van der Waals surface area contributed by atoms with E-state index in [0.29, 0.717) is 5.57 Å². The summed E-state index contributed by atoms with van der Waals surface area (Å²) in [6.45, 7) is 31.1. The zero-order valence-electron chi connectivity index (χ0n) is 16.8. The van der Waals surface area contributed by atoms with Crippen LogP contribution in [0.15, 0.2) is 75.4 Å². The van der Waals surface area contributed by atoms with Gasteiger partial charge in [-0.2, -0.15) is 0 Å². The van der Waals surface area contributed by atoms with Gasteiger partial charge in [-0.25, -0.2) is 4.79 Å². The highest BCUT2D eigenvalue weighted by Gasteiger charge is 1.99. The first kappa shape index (κ1) is 37.8. The molecule has 0 aliphatic carbocycles. The Balaban J connectivity index is -0.0000000454. The smallest absolute Gasteiger partial charge is 0.333 e. The normalized spacial score (nSPS) is 5.96. The minimum atomic E-state index is -0.455. The summed E-state index contributed by atoms with van der Waals surface area (Å²) in [6.07, 6.45) is 8.75. The first-order valence-electron chi connectivity index (χ1n) is 7.54. The van der Waals surface area contributed by atoms with Crippen molar-refractivity contribution in [3.63, 3.8) is 0 Å². The molecular weight excluding hydrogens is 300 g/mol. The van der Waals surface area contributed by atoms with Gasteiger partial charge in [-0.1, -0.05) is 37.0 Å². The van der Waals surface area contributed by atoms with Crippen molar-refractivity contribution in [3.8, 4) is 0 Å². The second kappa shape index (κ2) is 58.5. The van der Waals surface area contributed by atoms with Gasteiger partial charge in [0.1, 0.15) is 6.61 Å². The standard InChI is InChI=1S/C6H10O3.5C3H6/c1-5(2)6(8)9-4-3-7;5*1-3-2/h7H,1,3-4H2,2H3;5*3H,1H2,2H3. The van der Waals surface area contributed by atoms with Crippen LogP contribution in [-0.4, -0.2) is 24.3 Å². The number of carbonyl (C=O) groups is 1. The van der Waals surface area contributed by atoms with Crippen LogP contribution in [0.5, 0.6) is 0 Å². The summed E-state index contributed by atoms with van der Waals surface area (Å²) < 4.78 is 4.46. The van der Waals surface area contributed by atoms with Crippen LogP contribution in [0.25, 0.3) is 0 Å². The summed E-state index contributed by atoms with van der Waals surface area (Å²) in [5.74, 6) is -0.455. The number of aliphatic hydroxyl groups excluding tert-OH is 1. The molecule has 0 aliphatic heterocycles. The van der Waals surface area contributed by atoms with Crippen LogP contribution in [-0.2, 0) is 9.53 Å². The van der Waals surface area contributed by atoms with E-state index in [1.165, 1.54) is 0 Å². The molecular formula is C21H40O3. The van der Waals surface area contributed by atoms with Crippen molar-refractivity contribution in [1.82, 2.24) is 0 Å². The first-order valence-corrected chi connectivity index (χ1v) is 7.54. The summed E-state index contributed by atoms with van der Waals surface area (Å²) >= 11 is 0. The average Bonchev–Trinajstić information content (AvgIpc) is 2.48. The first-order chi connectivity index (χ1) is 11.3. The SMILES string of the molecule is C=C(C)C(=O)OCCO.C=CC.C=CC.C=CC.C=CC.C=CC. The van der Waals surface area contributed by atoms with E-state index in [1.54, 1.807) is 37.3 Å². The summed E-state index contributed by atoms with van der Waals surface area (Å²) in [6, 6.07) is 0. The number of ether oxygens (including phenoxy) is 1. The van der Waals surface area contributed by atoms with Gasteiger partial charge in [0.05, 0.1) is 6.61 Å². The Kier molecular flexibility index (Phi) is 92.2. The van der Waals surface area contributed by atoms with E-state index in [4.69, 9.17) is 5.11 Å². The third kappa shape index (κ3) is 205. The molecule has 0 aliphatic rings. The van der Waals surface area contributed by atoms with Gasteiger partial charge < -0.3 is 9.84 Å². The molecule has 0 radical (unpaired) electrons. The molecule has 0 bridgehead atoms. The number of hydrogen-bond acceptors (Lipinski definition) is 3. The maximum absolute atomic E-state index is 10.5. The molecule has 0 saturated heterocycles. The van der Waals surface area contributed by atoms with E-state index < -0.39 is 5.97 Å². The fraction of sp³-hybridized carbons (Fsp3) is 0.381. The monoisotopic (exact) mass is 340 g/mol. The number of rotatable bonds is 3. The van der Waals surface area contributed by atoms with Gasteiger partial charge in [0.2, 0.25) is 0 Å². The lowest BCUT2D eigenvalue weighted by Crippen LogP contribution is -2.08. The van der Waals surface area contributed by atoms with Gasteiger partial charge in [0, 0.05) is 5.57 Å². The fourth-order valence-electron chi connectivity index (χ4n) is 0.262. The third-order valence-corrected chi connectivity index (χ3v) is 0.673. The number of carbonyl (C=O) groups excluding carboxylic acids is 1. The molecule has 0 aromatic rings. The predicted octanol–water partition coefficient (Wildman–Crippen LogP) is 6.06. The Morgan fingerprint density at radius 2 is 1.04 bits per heavy atom. The second-order valence-electron chi connectivity index (χ2n) is 3.68. The molecule has 0 amide bonds. The molecule has 0 rings (SSSR count). The number of allylic oxidation sites excluding steroid dienone is 5. The summed E-state index contributed by atoms with van der Waals surface area (Å²) in [7, 11) is 0. The largest absolute Gasteiger partial charge is 0.460 e. The van der Waals surface area contributed by atoms with Crippen molar-refractivity contribution in [3.05, 3.63) is 75.4 Å². The lowest BCUT2D eigenvalue weighted by atomic mass is 10.4. The maximum atomic E-state index is 10.5. The molecule has 0 atom stereocenters. The van der Waals surface area contributed by atoms with Crippen molar-refractivity contribution in [1.29, 1.82) is 0 Å². The topological polar surface area (TPSA) is 46.5 Å². The molecule has 0 unspecified atom stereocenters. The third-order valence-electron chi connectivity index (χ3n) is 0.673. The molecule has 0 aromatic heterocycles. The van der Waals surface area contributed by atoms with Crippen molar-refractivity contribution < 1.29 is 14.6 Å². The fourth-order valence-corrected chi connectivity index (χ4v) is 0.262. The maximum Gasteiger partial charge on any atom is 0.333 e. The molecule has 0 spiro atoms. The summed E-state index contributed by atoms with van der Waals surface area (Å²) in [4.78, 5) is 10.5. The van der Waals surface area contributed by atoms with E-state index in [-0.39, 0.29) is 13.2 Å². The van der Waals surface area contributed by atoms with E-state index in [0.717, 1.165) is 0 Å². The molecule has 24 heavy (non-hydrogen) atoms.